The summed E-state index contributed by atoms with van der Waals surface area (Å²) < 4.78 is 16.6. The Morgan fingerprint density at radius 2 is 1.43 bits per heavy atom. The van der Waals surface area contributed by atoms with E-state index in [1.807, 2.05) is 43.3 Å². The molecule has 0 aliphatic carbocycles. The first-order valence-corrected chi connectivity index (χ1v) is 13.4. The first kappa shape index (κ1) is 26.8. The Bertz CT molecular complexity index is 903. The summed E-state index contributed by atoms with van der Waals surface area (Å²) in [5.74, 6) is -0.0692. The number of unbranched alkanes of at least 4 members (excludes halogenated alkanes) is 7. The van der Waals surface area contributed by atoms with Gasteiger partial charge >= 0.3 is 11.9 Å². The molecule has 0 bridgehead atoms. The molecule has 2 aromatic carbocycles. The third kappa shape index (κ3) is 8.72. The van der Waals surface area contributed by atoms with Gasteiger partial charge in [0, 0.05) is 6.42 Å². The molecule has 0 saturated carbocycles. The van der Waals surface area contributed by atoms with Crippen molar-refractivity contribution in [3.05, 3.63) is 54.1 Å². The van der Waals surface area contributed by atoms with Crippen molar-refractivity contribution in [1.82, 2.24) is 0 Å². The van der Waals surface area contributed by atoms with Crippen LogP contribution in [0.5, 0.6) is 5.75 Å². The number of benzene rings is 2. The number of cyclic esters (lactones) is 1. The summed E-state index contributed by atoms with van der Waals surface area (Å²) in [7, 11) is 0. The van der Waals surface area contributed by atoms with Crippen LogP contribution in [0.15, 0.2) is 48.5 Å². The van der Waals surface area contributed by atoms with Crippen molar-refractivity contribution in [3.8, 4) is 16.9 Å². The minimum atomic E-state index is -0.808. The summed E-state index contributed by atoms with van der Waals surface area (Å²) in [4.78, 5) is 24.4. The Morgan fingerprint density at radius 1 is 0.829 bits per heavy atom. The van der Waals surface area contributed by atoms with Gasteiger partial charge in [-0.2, -0.15) is 0 Å². The summed E-state index contributed by atoms with van der Waals surface area (Å²) in [5, 5.41) is 0. The second kappa shape index (κ2) is 14.6. The summed E-state index contributed by atoms with van der Waals surface area (Å²) in [6.07, 6.45) is 11.5. The molecule has 5 heteroatoms. The average Bonchev–Trinajstić information content (AvgIpc) is 3.22. The highest BCUT2D eigenvalue weighted by Gasteiger charge is 2.37. The van der Waals surface area contributed by atoms with Gasteiger partial charge in [0.05, 0.1) is 12.2 Å². The normalized spacial score (nSPS) is 17.3. The lowest BCUT2D eigenvalue weighted by atomic mass is 10.0. The van der Waals surface area contributed by atoms with Gasteiger partial charge in [-0.1, -0.05) is 89.5 Å². The molecule has 3 rings (SSSR count). The Kier molecular flexibility index (Phi) is 11.1. The van der Waals surface area contributed by atoms with E-state index in [-0.39, 0.29) is 6.10 Å². The van der Waals surface area contributed by atoms with Crippen LogP contribution in [0.1, 0.15) is 94.8 Å². The fourth-order valence-corrected chi connectivity index (χ4v) is 4.38. The number of hydrogen-bond donors (Lipinski definition) is 0. The largest absolute Gasteiger partial charge is 0.494 e. The third-order valence-corrected chi connectivity index (χ3v) is 6.46. The molecule has 0 amide bonds. The van der Waals surface area contributed by atoms with Crippen LogP contribution in [0.3, 0.4) is 0 Å². The van der Waals surface area contributed by atoms with E-state index in [2.05, 4.69) is 6.92 Å². The van der Waals surface area contributed by atoms with Crippen LogP contribution < -0.4 is 4.74 Å². The highest BCUT2D eigenvalue weighted by molar-refractivity contribution is 5.92. The monoisotopic (exact) mass is 480 g/mol. The predicted molar refractivity (Wildman–Crippen MR) is 139 cm³/mol. The molecule has 2 atom stereocenters. The van der Waals surface area contributed by atoms with Gasteiger partial charge in [0.1, 0.15) is 11.9 Å². The van der Waals surface area contributed by atoms with Crippen LogP contribution in [0.4, 0.5) is 0 Å². The smallest absolute Gasteiger partial charge is 0.347 e. The minimum absolute atomic E-state index is 0.153. The lowest BCUT2D eigenvalue weighted by Gasteiger charge is -2.10. The molecule has 1 heterocycles. The lowest BCUT2D eigenvalue weighted by molar-refractivity contribution is -0.147. The Hall–Kier alpha value is -2.82. The molecule has 1 aliphatic rings. The molecule has 1 fully saturated rings. The molecule has 1 aliphatic heterocycles. The van der Waals surface area contributed by atoms with Crippen LogP contribution >= 0.6 is 0 Å². The Balaban J connectivity index is 1.40. The van der Waals surface area contributed by atoms with E-state index in [9.17, 15) is 9.59 Å². The summed E-state index contributed by atoms with van der Waals surface area (Å²) >= 11 is 0. The van der Waals surface area contributed by atoms with Gasteiger partial charge in [-0.3, -0.25) is 0 Å². The minimum Gasteiger partial charge on any atom is -0.494 e. The van der Waals surface area contributed by atoms with E-state index in [1.165, 1.54) is 44.9 Å². The van der Waals surface area contributed by atoms with Crippen LogP contribution in [-0.4, -0.2) is 30.8 Å². The standard InChI is InChI=1S/C30H40O5/c1-3-5-6-7-8-9-10-11-21-33-26-19-17-24(18-20-26)23-13-15-25(16-14-23)29(31)35-28-22-27(12-4-2)34-30(28)32/h13-20,27-28H,3-12,21-22H2,1-2H3/t27-,28-/m1/s1. The zero-order valence-electron chi connectivity index (χ0n) is 21.3. The molecule has 2 aromatic rings. The van der Waals surface area contributed by atoms with Crippen molar-refractivity contribution in [2.24, 2.45) is 0 Å². The summed E-state index contributed by atoms with van der Waals surface area (Å²) in [6.45, 7) is 5.03. The number of carbonyl (C=O) groups is 2. The maximum absolute atomic E-state index is 12.5. The molecule has 35 heavy (non-hydrogen) atoms. The van der Waals surface area contributed by atoms with Crippen molar-refractivity contribution in [3.63, 3.8) is 0 Å². The molecule has 0 N–H and O–H groups in total. The highest BCUT2D eigenvalue weighted by atomic mass is 16.6. The molecule has 190 valence electrons. The average molecular weight is 481 g/mol. The van der Waals surface area contributed by atoms with E-state index in [1.54, 1.807) is 12.1 Å². The quantitative estimate of drug-likeness (QED) is 0.195. The fourth-order valence-electron chi connectivity index (χ4n) is 4.38. The van der Waals surface area contributed by atoms with E-state index < -0.39 is 18.0 Å². The van der Waals surface area contributed by atoms with E-state index in [0.29, 0.717) is 12.0 Å². The number of hydrogen-bond acceptors (Lipinski definition) is 5. The predicted octanol–water partition coefficient (Wildman–Crippen LogP) is 7.51. The molecule has 0 radical (unpaired) electrons. The zero-order chi connectivity index (χ0) is 24.9. The summed E-state index contributed by atoms with van der Waals surface area (Å²) in [6, 6.07) is 15.3. The van der Waals surface area contributed by atoms with Gasteiger partial charge in [-0.05, 0) is 48.2 Å². The molecule has 0 spiro atoms. The highest BCUT2D eigenvalue weighted by Crippen LogP contribution is 2.25. The van der Waals surface area contributed by atoms with Crippen LogP contribution in [0.2, 0.25) is 0 Å². The van der Waals surface area contributed by atoms with Crippen molar-refractivity contribution in [2.75, 3.05) is 6.61 Å². The topological polar surface area (TPSA) is 61.8 Å². The van der Waals surface area contributed by atoms with Gasteiger partial charge in [-0.25, -0.2) is 9.59 Å². The van der Waals surface area contributed by atoms with Crippen LogP contribution in [-0.2, 0) is 14.3 Å². The van der Waals surface area contributed by atoms with Gasteiger partial charge in [0.15, 0.2) is 0 Å². The van der Waals surface area contributed by atoms with E-state index in [4.69, 9.17) is 14.2 Å². The number of ether oxygens (including phenoxy) is 3. The van der Waals surface area contributed by atoms with Crippen molar-refractivity contribution >= 4 is 11.9 Å². The SMILES string of the molecule is CCCCCCCCCCOc1ccc(-c2ccc(C(=O)O[C@@H]3C[C@@H](CCC)OC3=O)cc2)cc1. The van der Waals surface area contributed by atoms with E-state index in [0.717, 1.165) is 42.7 Å². The first-order valence-electron chi connectivity index (χ1n) is 13.4. The molecule has 5 nitrogen and oxygen atoms in total. The van der Waals surface area contributed by atoms with E-state index >= 15 is 0 Å². The van der Waals surface area contributed by atoms with Crippen LogP contribution in [0.25, 0.3) is 11.1 Å². The Labute approximate surface area is 210 Å². The molecular formula is C30H40O5. The van der Waals surface area contributed by atoms with Crippen LogP contribution in [0, 0.1) is 0 Å². The second-order valence-corrected chi connectivity index (χ2v) is 9.40. The fraction of sp³-hybridized carbons (Fsp3) is 0.533. The van der Waals surface area contributed by atoms with Gasteiger partial charge in [0.2, 0.25) is 6.10 Å². The number of rotatable bonds is 15. The van der Waals surface area contributed by atoms with Gasteiger partial charge in [-0.15, -0.1) is 0 Å². The zero-order valence-corrected chi connectivity index (χ0v) is 21.3. The first-order chi connectivity index (χ1) is 17.1. The molecule has 0 aromatic heterocycles. The molecule has 1 saturated heterocycles. The van der Waals surface area contributed by atoms with Gasteiger partial charge < -0.3 is 14.2 Å². The molecular weight excluding hydrogens is 440 g/mol. The van der Waals surface area contributed by atoms with Crippen molar-refractivity contribution in [2.45, 2.75) is 96.7 Å². The van der Waals surface area contributed by atoms with Gasteiger partial charge in [0.25, 0.3) is 0 Å². The summed E-state index contributed by atoms with van der Waals surface area (Å²) in [5.41, 5.74) is 2.47. The van der Waals surface area contributed by atoms with Crippen molar-refractivity contribution in [1.29, 1.82) is 0 Å². The number of esters is 2. The van der Waals surface area contributed by atoms with Crippen molar-refractivity contribution < 1.29 is 23.8 Å². The second-order valence-electron chi connectivity index (χ2n) is 9.40. The molecule has 0 unspecified atom stereocenters. The maximum atomic E-state index is 12.5. The number of carbonyl (C=O) groups excluding carboxylic acids is 2. The maximum Gasteiger partial charge on any atom is 0.347 e. The Morgan fingerprint density at radius 3 is 2.06 bits per heavy atom. The lowest BCUT2D eigenvalue weighted by Crippen LogP contribution is -2.22. The third-order valence-electron chi connectivity index (χ3n) is 6.46.